The average Bonchev–Trinajstić information content (AvgIpc) is 2.82. The Morgan fingerprint density at radius 1 is 0.818 bits per heavy atom. The Morgan fingerprint density at radius 2 is 1.55 bits per heavy atom. The number of para-hydroxylation sites is 1. The predicted molar refractivity (Wildman–Crippen MR) is 127 cm³/mol. The number of aryl methyl sites for hydroxylation is 2. The van der Waals surface area contributed by atoms with E-state index in [1.54, 1.807) is 42.5 Å². The van der Waals surface area contributed by atoms with E-state index in [0.717, 1.165) is 11.1 Å². The third-order valence-corrected chi connectivity index (χ3v) is 5.01. The van der Waals surface area contributed by atoms with Crippen molar-refractivity contribution in [3.63, 3.8) is 0 Å². The molecular weight excluding hydrogens is 418 g/mol. The minimum Gasteiger partial charge on any atom is -0.480 e. The summed E-state index contributed by atoms with van der Waals surface area (Å²) in [6, 6.07) is 21.1. The van der Waals surface area contributed by atoms with Crippen molar-refractivity contribution in [1.82, 2.24) is 10.9 Å². The van der Waals surface area contributed by atoms with Crippen LogP contribution in [0.4, 0.5) is 5.69 Å². The molecule has 3 aromatic rings. The number of rotatable bonds is 7. The fourth-order valence-corrected chi connectivity index (χ4v) is 3.13. The molecule has 0 radical (unpaired) electrons. The van der Waals surface area contributed by atoms with E-state index in [0.29, 0.717) is 29.0 Å². The number of hydrazine groups is 1. The van der Waals surface area contributed by atoms with E-state index in [2.05, 4.69) is 16.2 Å². The summed E-state index contributed by atoms with van der Waals surface area (Å²) in [7, 11) is 0. The highest BCUT2D eigenvalue weighted by atomic mass is 16.5. The number of carbonyl (C=O) groups is 3. The Labute approximate surface area is 193 Å². The summed E-state index contributed by atoms with van der Waals surface area (Å²) in [5, 5.41) is 2.80. The van der Waals surface area contributed by atoms with E-state index < -0.39 is 17.9 Å². The number of carbonyl (C=O) groups excluding carboxylic acids is 3. The van der Waals surface area contributed by atoms with Crippen molar-refractivity contribution >= 4 is 23.4 Å². The van der Waals surface area contributed by atoms with E-state index >= 15 is 0 Å². The third kappa shape index (κ3) is 6.43. The molecule has 3 aromatic carbocycles. The zero-order chi connectivity index (χ0) is 23.8. The van der Waals surface area contributed by atoms with Gasteiger partial charge in [0.2, 0.25) is 0 Å². The Kier molecular flexibility index (Phi) is 7.81. The summed E-state index contributed by atoms with van der Waals surface area (Å²) in [6.45, 7) is 5.64. The van der Waals surface area contributed by atoms with E-state index in [1.807, 2.05) is 51.1 Å². The van der Waals surface area contributed by atoms with Crippen molar-refractivity contribution in [3.8, 4) is 5.75 Å². The molecule has 1 unspecified atom stereocenters. The van der Waals surface area contributed by atoms with Gasteiger partial charge in [0, 0.05) is 16.8 Å². The third-order valence-electron chi connectivity index (χ3n) is 5.01. The molecule has 0 saturated heterocycles. The zero-order valence-corrected chi connectivity index (χ0v) is 18.8. The molecule has 0 heterocycles. The highest BCUT2D eigenvalue weighted by Gasteiger charge is 2.20. The summed E-state index contributed by atoms with van der Waals surface area (Å²) in [6.07, 6.45) is -0.309. The van der Waals surface area contributed by atoms with Crippen LogP contribution >= 0.6 is 0 Å². The molecule has 7 heteroatoms. The number of hydrogen-bond acceptors (Lipinski definition) is 4. The predicted octanol–water partition coefficient (Wildman–Crippen LogP) is 4.17. The molecule has 1 atom stereocenters. The van der Waals surface area contributed by atoms with Crippen molar-refractivity contribution in [2.75, 3.05) is 5.32 Å². The Bertz CT molecular complexity index is 1140. The van der Waals surface area contributed by atoms with Crippen molar-refractivity contribution < 1.29 is 19.1 Å². The molecule has 0 fully saturated rings. The first kappa shape index (κ1) is 23.5. The molecule has 0 bridgehead atoms. The maximum Gasteiger partial charge on any atom is 0.279 e. The normalized spacial score (nSPS) is 11.2. The van der Waals surface area contributed by atoms with Crippen LogP contribution in [0.15, 0.2) is 72.8 Å². The molecular formula is C26H27N3O4. The van der Waals surface area contributed by atoms with Gasteiger partial charge in [0.05, 0.1) is 0 Å². The van der Waals surface area contributed by atoms with Gasteiger partial charge in [-0.3, -0.25) is 25.2 Å². The lowest BCUT2D eigenvalue weighted by Crippen LogP contribution is -2.48. The smallest absolute Gasteiger partial charge is 0.279 e. The first-order valence-corrected chi connectivity index (χ1v) is 10.7. The van der Waals surface area contributed by atoms with E-state index in [4.69, 9.17) is 4.74 Å². The van der Waals surface area contributed by atoms with Gasteiger partial charge in [-0.05, 0) is 68.3 Å². The van der Waals surface area contributed by atoms with Gasteiger partial charge in [-0.15, -0.1) is 0 Å². The van der Waals surface area contributed by atoms with Gasteiger partial charge in [-0.2, -0.15) is 0 Å². The molecule has 3 amide bonds. The van der Waals surface area contributed by atoms with Gasteiger partial charge in [0.25, 0.3) is 17.7 Å². The number of ether oxygens (including phenoxy) is 1. The SMILES string of the molecule is CCC(Oc1ccccc1C)C(=O)NNC(=O)c1ccc(NC(=O)c2cccc(C)c2)cc1. The number of anilines is 1. The molecule has 7 nitrogen and oxygen atoms in total. The van der Waals surface area contributed by atoms with Crippen molar-refractivity contribution in [2.45, 2.75) is 33.3 Å². The molecule has 0 saturated carbocycles. The maximum absolute atomic E-state index is 12.5. The van der Waals surface area contributed by atoms with Crippen LogP contribution in [0, 0.1) is 13.8 Å². The first-order valence-electron chi connectivity index (χ1n) is 10.7. The van der Waals surface area contributed by atoms with Crippen LogP contribution in [-0.4, -0.2) is 23.8 Å². The molecule has 33 heavy (non-hydrogen) atoms. The lowest BCUT2D eigenvalue weighted by molar-refractivity contribution is -0.128. The average molecular weight is 446 g/mol. The van der Waals surface area contributed by atoms with Gasteiger partial charge >= 0.3 is 0 Å². The summed E-state index contributed by atoms with van der Waals surface area (Å²) in [5.74, 6) is -0.543. The molecule has 0 aliphatic rings. The van der Waals surface area contributed by atoms with Crippen molar-refractivity contribution in [2.24, 2.45) is 0 Å². The fourth-order valence-electron chi connectivity index (χ4n) is 3.13. The van der Waals surface area contributed by atoms with Gasteiger partial charge in [-0.1, -0.05) is 42.8 Å². The first-order chi connectivity index (χ1) is 15.9. The monoisotopic (exact) mass is 445 g/mol. The van der Waals surface area contributed by atoms with Crippen LogP contribution in [0.1, 0.15) is 45.2 Å². The molecule has 0 aromatic heterocycles. The number of amides is 3. The van der Waals surface area contributed by atoms with E-state index in [1.165, 1.54) is 0 Å². The molecule has 3 N–H and O–H groups in total. The van der Waals surface area contributed by atoms with Gasteiger partial charge in [0.15, 0.2) is 6.10 Å². The Balaban J connectivity index is 1.54. The van der Waals surface area contributed by atoms with E-state index in [9.17, 15) is 14.4 Å². The van der Waals surface area contributed by atoms with Crippen molar-refractivity contribution in [1.29, 1.82) is 0 Å². The Hall–Kier alpha value is -4.13. The summed E-state index contributed by atoms with van der Waals surface area (Å²) in [4.78, 5) is 37.2. The van der Waals surface area contributed by atoms with Crippen LogP contribution < -0.4 is 20.9 Å². The van der Waals surface area contributed by atoms with Gasteiger partial charge in [-0.25, -0.2) is 0 Å². The van der Waals surface area contributed by atoms with Crippen molar-refractivity contribution in [3.05, 3.63) is 95.1 Å². The van der Waals surface area contributed by atoms with Crippen LogP contribution in [0.2, 0.25) is 0 Å². The number of benzene rings is 3. The molecule has 3 rings (SSSR count). The quantitative estimate of drug-likeness (QED) is 0.476. The zero-order valence-electron chi connectivity index (χ0n) is 18.8. The van der Waals surface area contributed by atoms with Crippen LogP contribution in [0.25, 0.3) is 0 Å². The topological polar surface area (TPSA) is 96.5 Å². The van der Waals surface area contributed by atoms with Crippen LogP contribution in [-0.2, 0) is 4.79 Å². The molecule has 0 spiro atoms. The maximum atomic E-state index is 12.5. The lowest BCUT2D eigenvalue weighted by atomic mass is 10.1. The Morgan fingerprint density at radius 3 is 2.21 bits per heavy atom. The summed E-state index contributed by atoms with van der Waals surface area (Å²) < 4.78 is 5.79. The second-order valence-corrected chi connectivity index (χ2v) is 7.62. The fraction of sp³-hybridized carbons (Fsp3) is 0.192. The minimum absolute atomic E-state index is 0.234. The summed E-state index contributed by atoms with van der Waals surface area (Å²) in [5.41, 5.74) is 8.16. The van der Waals surface area contributed by atoms with Gasteiger partial charge in [0.1, 0.15) is 5.75 Å². The van der Waals surface area contributed by atoms with Crippen LogP contribution in [0.5, 0.6) is 5.75 Å². The number of hydrogen-bond donors (Lipinski definition) is 3. The molecule has 170 valence electrons. The second-order valence-electron chi connectivity index (χ2n) is 7.62. The highest BCUT2D eigenvalue weighted by molar-refractivity contribution is 6.04. The minimum atomic E-state index is -0.745. The highest BCUT2D eigenvalue weighted by Crippen LogP contribution is 2.19. The molecule has 0 aliphatic carbocycles. The summed E-state index contributed by atoms with van der Waals surface area (Å²) >= 11 is 0. The van der Waals surface area contributed by atoms with E-state index in [-0.39, 0.29) is 5.91 Å². The largest absolute Gasteiger partial charge is 0.480 e. The second kappa shape index (κ2) is 10.9. The lowest BCUT2D eigenvalue weighted by Gasteiger charge is -2.18. The number of nitrogens with one attached hydrogen (secondary N) is 3. The standard InChI is InChI=1S/C26H27N3O4/c1-4-22(33-23-11-6-5-9-18(23)3)26(32)29-28-25(31)19-12-14-21(15-13-19)27-24(30)20-10-7-8-17(2)16-20/h5-16,22H,4H2,1-3H3,(H,27,30)(H,28,31)(H,29,32). The van der Waals surface area contributed by atoms with Crippen LogP contribution in [0.3, 0.4) is 0 Å². The molecule has 0 aliphatic heterocycles. The van der Waals surface area contributed by atoms with Gasteiger partial charge < -0.3 is 10.1 Å².